The van der Waals surface area contributed by atoms with Crippen molar-refractivity contribution in [2.75, 3.05) is 19.0 Å². The maximum atomic E-state index is 13.0. The predicted molar refractivity (Wildman–Crippen MR) is 68.2 cm³/mol. The van der Waals surface area contributed by atoms with Crippen molar-refractivity contribution in [2.45, 2.75) is 12.5 Å². The van der Waals surface area contributed by atoms with E-state index in [9.17, 15) is 19.1 Å². The van der Waals surface area contributed by atoms with Gasteiger partial charge in [-0.2, -0.15) is 0 Å². The minimum Gasteiger partial charge on any atom is -0.494 e. The number of carboxylic acid groups (broad SMARTS) is 1. The number of amides is 2. The molecule has 20 heavy (non-hydrogen) atoms. The number of halogens is 1. The molecular weight excluding hydrogens is 271 g/mol. The second-order valence-electron chi connectivity index (χ2n) is 4.23. The summed E-state index contributed by atoms with van der Waals surface area (Å²) in [5.41, 5.74) is -1.87. The van der Waals surface area contributed by atoms with E-state index in [0.717, 1.165) is 19.1 Å². The molecule has 1 rings (SSSR count). The average molecular weight is 286 g/mol. The lowest BCUT2D eigenvalue weighted by atomic mass is 10.1. The van der Waals surface area contributed by atoms with Crippen molar-refractivity contribution in [3.05, 3.63) is 24.0 Å². The summed E-state index contributed by atoms with van der Waals surface area (Å²) in [6.45, 7) is 0.561. The molecule has 1 unspecified atom stereocenters. The molecule has 0 heterocycles. The van der Waals surface area contributed by atoms with E-state index in [0.29, 0.717) is 0 Å². The van der Waals surface area contributed by atoms with E-state index in [1.165, 1.54) is 13.2 Å². The van der Waals surface area contributed by atoms with Crippen LogP contribution >= 0.6 is 0 Å². The molecule has 0 aromatic heterocycles. The van der Waals surface area contributed by atoms with Gasteiger partial charge in [0.15, 0.2) is 5.60 Å². The number of aliphatic hydroxyl groups is 1. The standard InChI is InChI=1S/C12H15FN2O5/c1-12(19,10(16)17)6-14-11(18)15-8-4-3-7(13)5-9(8)20-2/h3-5,19H,6H2,1-2H3,(H,16,17)(H2,14,15,18). The number of urea groups is 1. The highest BCUT2D eigenvalue weighted by molar-refractivity contribution is 5.91. The maximum absolute atomic E-state index is 13.0. The van der Waals surface area contributed by atoms with Crippen molar-refractivity contribution in [2.24, 2.45) is 0 Å². The van der Waals surface area contributed by atoms with Crippen LogP contribution in [0.2, 0.25) is 0 Å². The van der Waals surface area contributed by atoms with Crippen molar-refractivity contribution >= 4 is 17.7 Å². The van der Waals surface area contributed by atoms with E-state index < -0.39 is 30.0 Å². The van der Waals surface area contributed by atoms with Crippen LogP contribution in [0.3, 0.4) is 0 Å². The number of carboxylic acids is 1. The molecule has 0 fully saturated rings. The lowest BCUT2D eigenvalue weighted by Crippen LogP contribution is -2.47. The Morgan fingerprint density at radius 3 is 2.65 bits per heavy atom. The van der Waals surface area contributed by atoms with Crippen molar-refractivity contribution in [3.8, 4) is 5.75 Å². The third-order valence-corrected chi connectivity index (χ3v) is 2.47. The molecule has 0 bridgehead atoms. The van der Waals surface area contributed by atoms with Crippen LogP contribution in [0, 0.1) is 5.82 Å². The second-order valence-corrected chi connectivity index (χ2v) is 4.23. The number of hydrogen-bond acceptors (Lipinski definition) is 4. The Hall–Kier alpha value is -2.35. The number of methoxy groups -OCH3 is 1. The number of benzene rings is 1. The van der Waals surface area contributed by atoms with Gasteiger partial charge in [0.05, 0.1) is 19.3 Å². The van der Waals surface area contributed by atoms with E-state index >= 15 is 0 Å². The van der Waals surface area contributed by atoms with Crippen LogP contribution in [0.5, 0.6) is 5.75 Å². The third kappa shape index (κ3) is 4.09. The van der Waals surface area contributed by atoms with Gasteiger partial charge in [0.25, 0.3) is 0 Å². The molecule has 1 aromatic rings. The fourth-order valence-electron chi connectivity index (χ4n) is 1.26. The lowest BCUT2D eigenvalue weighted by molar-refractivity contribution is -0.155. The fraction of sp³-hybridized carbons (Fsp3) is 0.333. The monoisotopic (exact) mass is 286 g/mol. The van der Waals surface area contributed by atoms with E-state index in [1.54, 1.807) is 0 Å². The number of hydrogen-bond donors (Lipinski definition) is 4. The van der Waals surface area contributed by atoms with Crippen LogP contribution in [0.1, 0.15) is 6.92 Å². The molecule has 7 nitrogen and oxygen atoms in total. The molecule has 0 radical (unpaired) electrons. The molecule has 110 valence electrons. The fourth-order valence-corrected chi connectivity index (χ4v) is 1.26. The van der Waals surface area contributed by atoms with Gasteiger partial charge in [0.1, 0.15) is 11.6 Å². The zero-order valence-electron chi connectivity index (χ0n) is 10.9. The topological polar surface area (TPSA) is 108 Å². The van der Waals surface area contributed by atoms with Crippen molar-refractivity contribution < 1.29 is 28.9 Å². The lowest BCUT2D eigenvalue weighted by Gasteiger charge is -2.18. The Balaban J connectivity index is 2.66. The average Bonchev–Trinajstić information content (AvgIpc) is 2.38. The first-order valence-electron chi connectivity index (χ1n) is 5.60. The number of nitrogens with one attached hydrogen (secondary N) is 2. The number of rotatable bonds is 5. The van der Waals surface area contributed by atoms with Crippen molar-refractivity contribution in [1.29, 1.82) is 0 Å². The summed E-state index contributed by atoms with van der Waals surface area (Å²) in [7, 11) is 1.31. The zero-order valence-corrected chi connectivity index (χ0v) is 10.9. The molecule has 0 spiro atoms. The summed E-state index contributed by atoms with van der Waals surface area (Å²) in [6, 6.07) is 2.76. The van der Waals surface area contributed by atoms with Crippen LogP contribution < -0.4 is 15.4 Å². The number of carbonyl (C=O) groups is 2. The van der Waals surface area contributed by atoms with Gasteiger partial charge >= 0.3 is 12.0 Å². The van der Waals surface area contributed by atoms with E-state index in [4.69, 9.17) is 9.84 Å². The normalized spacial score (nSPS) is 13.2. The quantitative estimate of drug-likeness (QED) is 0.640. The molecule has 8 heteroatoms. The minimum atomic E-state index is -2.08. The molecule has 0 aliphatic carbocycles. The highest BCUT2D eigenvalue weighted by atomic mass is 19.1. The first kappa shape index (κ1) is 15.7. The summed E-state index contributed by atoms with van der Waals surface area (Å²) in [5, 5.41) is 22.6. The van der Waals surface area contributed by atoms with Gasteiger partial charge in [-0.1, -0.05) is 0 Å². The Morgan fingerprint density at radius 2 is 2.10 bits per heavy atom. The number of anilines is 1. The summed E-state index contributed by atoms with van der Waals surface area (Å²) < 4.78 is 17.8. The third-order valence-electron chi connectivity index (χ3n) is 2.47. The first-order valence-corrected chi connectivity index (χ1v) is 5.60. The van der Waals surface area contributed by atoms with E-state index in [1.807, 2.05) is 0 Å². The Bertz CT molecular complexity index is 519. The van der Waals surface area contributed by atoms with Crippen LogP contribution in [0.15, 0.2) is 18.2 Å². The van der Waals surface area contributed by atoms with E-state index in [2.05, 4.69) is 10.6 Å². The largest absolute Gasteiger partial charge is 0.494 e. The molecule has 2 amide bonds. The predicted octanol–water partition coefficient (Wildman–Crippen LogP) is 0.791. The molecule has 1 atom stereocenters. The maximum Gasteiger partial charge on any atom is 0.337 e. The van der Waals surface area contributed by atoms with Crippen LogP contribution in [-0.4, -0.2) is 41.5 Å². The minimum absolute atomic E-state index is 0.116. The van der Waals surface area contributed by atoms with Gasteiger partial charge in [-0.05, 0) is 19.1 Å². The number of aliphatic carboxylic acids is 1. The molecule has 0 saturated heterocycles. The van der Waals surface area contributed by atoms with Crippen LogP contribution in [0.25, 0.3) is 0 Å². The van der Waals surface area contributed by atoms with Gasteiger partial charge in [0.2, 0.25) is 0 Å². The summed E-state index contributed by atoms with van der Waals surface area (Å²) in [5.74, 6) is -1.87. The van der Waals surface area contributed by atoms with Crippen LogP contribution in [-0.2, 0) is 4.79 Å². The Kier molecular flexibility index (Phi) is 4.87. The highest BCUT2D eigenvalue weighted by Crippen LogP contribution is 2.24. The van der Waals surface area contributed by atoms with Crippen LogP contribution in [0.4, 0.5) is 14.9 Å². The smallest absolute Gasteiger partial charge is 0.337 e. The molecular formula is C12H15FN2O5. The number of carbonyl (C=O) groups excluding carboxylic acids is 1. The second kappa shape index (κ2) is 6.20. The summed E-state index contributed by atoms with van der Waals surface area (Å²) in [4.78, 5) is 22.2. The van der Waals surface area contributed by atoms with Gasteiger partial charge in [-0.25, -0.2) is 14.0 Å². The van der Waals surface area contributed by atoms with Gasteiger partial charge in [-0.3, -0.25) is 0 Å². The molecule has 1 aromatic carbocycles. The molecule has 4 N–H and O–H groups in total. The number of ether oxygens (including phenoxy) is 1. The van der Waals surface area contributed by atoms with Gasteiger partial charge in [0, 0.05) is 6.07 Å². The Morgan fingerprint density at radius 1 is 1.45 bits per heavy atom. The molecule has 0 aliphatic rings. The van der Waals surface area contributed by atoms with Gasteiger partial charge < -0.3 is 25.6 Å². The first-order chi connectivity index (χ1) is 9.26. The summed E-state index contributed by atoms with van der Waals surface area (Å²) >= 11 is 0. The summed E-state index contributed by atoms with van der Waals surface area (Å²) in [6.07, 6.45) is 0. The van der Waals surface area contributed by atoms with E-state index in [-0.39, 0.29) is 11.4 Å². The SMILES string of the molecule is COc1cc(F)ccc1NC(=O)NCC(C)(O)C(=O)O. The van der Waals surface area contributed by atoms with Crippen molar-refractivity contribution in [1.82, 2.24) is 5.32 Å². The zero-order chi connectivity index (χ0) is 15.3. The Labute approximate surface area is 114 Å². The van der Waals surface area contributed by atoms with Crippen molar-refractivity contribution in [3.63, 3.8) is 0 Å². The van der Waals surface area contributed by atoms with Gasteiger partial charge in [-0.15, -0.1) is 0 Å². The highest BCUT2D eigenvalue weighted by Gasteiger charge is 2.30. The molecule has 0 saturated carbocycles. The molecule has 0 aliphatic heterocycles.